The smallest absolute Gasteiger partial charge is 0.244 e. The van der Waals surface area contributed by atoms with Crippen molar-refractivity contribution in [3.8, 4) is 5.75 Å². The number of rotatable bonds is 11. The van der Waals surface area contributed by atoms with Gasteiger partial charge in [0.25, 0.3) is 0 Å². The number of anilines is 1. The summed E-state index contributed by atoms with van der Waals surface area (Å²) >= 11 is 0. The van der Waals surface area contributed by atoms with Crippen LogP contribution in [0.5, 0.6) is 5.75 Å². The summed E-state index contributed by atoms with van der Waals surface area (Å²) < 4.78 is 31.7. The molecule has 0 fully saturated rings. The molecule has 2 rings (SSSR count). The number of carbonyl (C=O) groups excluding carboxylic acids is 1. The fourth-order valence-electron chi connectivity index (χ4n) is 3.36. The van der Waals surface area contributed by atoms with E-state index in [1.165, 1.54) is 9.87 Å². The Bertz CT molecular complexity index is 899. The maximum Gasteiger partial charge on any atom is 0.244 e. The van der Waals surface area contributed by atoms with Crippen molar-refractivity contribution in [2.45, 2.75) is 52.1 Å². The Morgan fingerprint density at radius 3 is 2.23 bits per heavy atom. The van der Waals surface area contributed by atoms with Crippen molar-refractivity contribution in [3.63, 3.8) is 0 Å². The van der Waals surface area contributed by atoms with E-state index >= 15 is 0 Å². The molecule has 2 aromatic rings. The van der Waals surface area contributed by atoms with Gasteiger partial charge in [-0.2, -0.15) is 0 Å². The van der Waals surface area contributed by atoms with Crippen LogP contribution in [-0.2, 0) is 21.2 Å². The van der Waals surface area contributed by atoms with Gasteiger partial charge < -0.3 is 10.1 Å². The van der Waals surface area contributed by atoms with E-state index in [9.17, 15) is 13.2 Å². The highest BCUT2D eigenvalue weighted by molar-refractivity contribution is 7.92. The SMILES string of the molecule is CCOc1ccc(N([C@H](CC)C(=O)N[C@@H](C)CCc2ccccc2)S(C)(=O)=O)cc1. The Morgan fingerprint density at radius 1 is 1.07 bits per heavy atom. The van der Waals surface area contributed by atoms with Crippen LogP contribution in [0.4, 0.5) is 5.69 Å². The lowest BCUT2D eigenvalue weighted by atomic mass is 10.1. The minimum absolute atomic E-state index is 0.0755. The topological polar surface area (TPSA) is 75.7 Å². The van der Waals surface area contributed by atoms with Crippen LogP contribution in [-0.4, -0.2) is 39.3 Å². The van der Waals surface area contributed by atoms with Gasteiger partial charge in [0.05, 0.1) is 18.6 Å². The summed E-state index contributed by atoms with van der Waals surface area (Å²) in [6, 6.07) is 15.9. The van der Waals surface area contributed by atoms with Crippen LogP contribution in [0.2, 0.25) is 0 Å². The average Bonchev–Trinajstić information content (AvgIpc) is 2.71. The number of hydrogen-bond donors (Lipinski definition) is 1. The van der Waals surface area contributed by atoms with E-state index in [0.29, 0.717) is 24.5 Å². The standard InChI is InChI=1S/C23H32N2O4S/c1-5-22(23(26)24-18(3)12-13-19-10-8-7-9-11-19)25(30(4,27)28)20-14-16-21(17-15-20)29-6-2/h7-11,14-18,22H,5-6,12-13H2,1-4H3,(H,24,26)/t18-,22+/m0/s1. The van der Waals surface area contributed by atoms with Crippen molar-refractivity contribution < 1.29 is 17.9 Å². The van der Waals surface area contributed by atoms with Crippen molar-refractivity contribution in [2.24, 2.45) is 0 Å². The lowest BCUT2D eigenvalue weighted by Crippen LogP contribution is -2.51. The van der Waals surface area contributed by atoms with Crippen LogP contribution in [0.3, 0.4) is 0 Å². The van der Waals surface area contributed by atoms with E-state index in [1.54, 1.807) is 24.3 Å². The zero-order chi connectivity index (χ0) is 22.1. The first-order valence-corrected chi connectivity index (χ1v) is 12.2. The summed E-state index contributed by atoms with van der Waals surface area (Å²) in [6.07, 6.45) is 3.09. The van der Waals surface area contributed by atoms with Gasteiger partial charge in [-0.1, -0.05) is 37.3 Å². The second kappa shape index (κ2) is 11.0. The maximum atomic E-state index is 13.0. The molecule has 0 radical (unpaired) electrons. The number of benzene rings is 2. The zero-order valence-electron chi connectivity index (χ0n) is 18.2. The molecule has 2 atom stereocenters. The highest BCUT2D eigenvalue weighted by Gasteiger charge is 2.32. The van der Waals surface area contributed by atoms with Gasteiger partial charge in [0.1, 0.15) is 11.8 Å². The molecule has 0 unspecified atom stereocenters. The Morgan fingerprint density at radius 2 is 1.70 bits per heavy atom. The summed E-state index contributed by atoms with van der Waals surface area (Å²) in [4.78, 5) is 13.0. The predicted octanol–water partition coefficient (Wildman–Crippen LogP) is 3.77. The van der Waals surface area contributed by atoms with E-state index < -0.39 is 16.1 Å². The Labute approximate surface area is 180 Å². The fourth-order valence-corrected chi connectivity index (χ4v) is 4.57. The molecular weight excluding hydrogens is 400 g/mol. The van der Waals surface area contributed by atoms with Crippen LogP contribution in [0.15, 0.2) is 54.6 Å². The molecule has 1 N–H and O–H groups in total. The van der Waals surface area contributed by atoms with E-state index in [4.69, 9.17) is 4.74 Å². The number of amides is 1. The number of hydrogen-bond acceptors (Lipinski definition) is 4. The highest BCUT2D eigenvalue weighted by atomic mass is 32.2. The molecule has 6 nitrogen and oxygen atoms in total. The Balaban J connectivity index is 2.12. The molecule has 0 aromatic heterocycles. The normalized spacial score (nSPS) is 13.3. The minimum Gasteiger partial charge on any atom is -0.494 e. The number of ether oxygens (including phenoxy) is 1. The number of sulfonamides is 1. The zero-order valence-corrected chi connectivity index (χ0v) is 19.0. The largest absolute Gasteiger partial charge is 0.494 e. The predicted molar refractivity (Wildman–Crippen MR) is 121 cm³/mol. The number of carbonyl (C=O) groups is 1. The molecule has 0 saturated carbocycles. The van der Waals surface area contributed by atoms with Crippen LogP contribution in [0.25, 0.3) is 0 Å². The van der Waals surface area contributed by atoms with E-state index in [-0.39, 0.29) is 11.9 Å². The molecular formula is C23H32N2O4S. The van der Waals surface area contributed by atoms with Crippen LogP contribution in [0.1, 0.15) is 39.2 Å². The summed E-state index contributed by atoms with van der Waals surface area (Å²) in [5, 5.41) is 2.99. The molecule has 0 spiro atoms. The molecule has 0 heterocycles. The van der Waals surface area contributed by atoms with Crippen molar-refractivity contribution in [3.05, 3.63) is 60.2 Å². The fraction of sp³-hybridized carbons (Fsp3) is 0.435. The van der Waals surface area contributed by atoms with Gasteiger partial charge >= 0.3 is 0 Å². The Hall–Kier alpha value is -2.54. The average molecular weight is 433 g/mol. The van der Waals surface area contributed by atoms with Gasteiger partial charge in [-0.3, -0.25) is 9.10 Å². The molecule has 0 aliphatic carbocycles. The highest BCUT2D eigenvalue weighted by Crippen LogP contribution is 2.25. The van der Waals surface area contributed by atoms with Crippen molar-refractivity contribution in [1.29, 1.82) is 0 Å². The van der Waals surface area contributed by atoms with Crippen molar-refractivity contribution in [1.82, 2.24) is 5.32 Å². The molecule has 164 valence electrons. The molecule has 0 saturated heterocycles. The van der Waals surface area contributed by atoms with Crippen LogP contribution >= 0.6 is 0 Å². The van der Waals surface area contributed by atoms with E-state index in [1.807, 2.05) is 39.0 Å². The summed E-state index contributed by atoms with van der Waals surface area (Å²) in [5.74, 6) is 0.360. The number of aryl methyl sites for hydroxylation is 1. The van der Waals surface area contributed by atoms with Gasteiger partial charge in [-0.25, -0.2) is 8.42 Å². The van der Waals surface area contributed by atoms with Gasteiger partial charge in [0.15, 0.2) is 0 Å². The first-order valence-electron chi connectivity index (χ1n) is 10.3. The van der Waals surface area contributed by atoms with Crippen molar-refractivity contribution >= 4 is 21.6 Å². The second-order valence-electron chi connectivity index (χ2n) is 7.34. The third-order valence-corrected chi connectivity index (χ3v) is 6.01. The third kappa shape index (κ3) is 6.76. The van der Waals surface area contributed by atoms with Crippen LogP contribution < -0.4 is 14.4 Å². The van der Waals surface area contributed by atoms with Gasteiger partial charge in [0, 0.05) is 6.04 Å². The quantitative estimate of drug-likeness (QED) is 0.586. The lowest BCUT2D eigenvalue weighted by molar-refractivity contribution is -0.122. The third-order valence-electron chi connectivity index (χ3n) is 4.83. The Kier molecular flexibility index (Phi) is 8.72. The van der Waals surface area contributed by atoms with Gasteiger partial charge in [0.2, 0.25) is 15.9 Å². The van der Waals surface area contributed by atoms with Crippen molar-refractivity contribution in [2.75, 3.05) is 17.2 Å². The van der Waals surface area contributed by atoms with E-state index in [2.05, 4.69) is 17.4 Å². The minimum atomic E-state index is -3.66. The monoisotopic (exact) mass is 432 g/mol. The molecule has 7 heteroatoms. The van der Waals surface area contributed by atoms with Gasteiger partial charge in [-0.15, -0.1) is 0 Å². The second-order valence-corrected chi connectivity index (χ2v) is 9.20. The summed E-state index contributed by atoms with van der Waals surface area (Å²) in [7, 11) is -3.66. The summed E-state index contributed by atoms with van der Waals surface area (Å²) in [5.41, 5.74) is 1.65. The maximum absolute atomic E-state index is 13.0. The number of nitrogens with zero attached hydrogens (tertiary/aromatic N) is 1. The molecule has 0 aliphatic heterocycles. The molecule has 0 bridgehead atoms. The molecule has 30 heavy (non-hydrogen) atoms. The lowest BCUT2D eigenvalue weighted by Gasteiger charge is -2.31. The molecule has 1 amide bonds. The summed E-state index contributed by atoms with van der Waals surface area (Å²) in [6.45, 7) is 6.16. The molecule has 2 aromatic carbocycles. The van der Waals surface area contributed by atoms with E-state index in [0.717, 1.165) is 19.1 Å². The first kappa shape index (κ1) is 23.7. The first-order chi connectivity index (χ1) is 14.3. The van der Waals surface area contributed by atoms with Crippen LogP contribution in [0, 0.1) is 0 Å². The molecule has 0 aliphatic rings. The van der Waals surface area contributed by atoms with Gasteiger partial charge in [-0.05, 0) is 62.9 Å². The number of nitrogens with one attached hydrogen (secondary N) is 1.